The van der Waals surface area contributed by atoms with Crippen molar-refractivity contribution in [1.82, 2.24) is 4.57 Å². The Morgan fingerprint density at radius 3 is 2.45 bits per heavy atom. The number of fused-ring (bicyclic) bond motifs is 4. The van der Waals surface area contributed by atoms with Crippen LogP contribution >= 0.6 is 0 Å². The lowest BCUT2D eigenvalue weighted by Gasteiger charge is -2.21. The fraction of sp³-hybridized carbons (Fsp3) is 0.133. The van der Waals surface area contributed by atoms with Crippen LogP contribution in [0.5, 0.6) is 11.8 Å². The van der Waals surface area contributed by atoms with E-state index >= 15 is 0 Å². The van der Waals surface area contributed by atoms with Gasteiger partial charge in [0.15, 0.2) is 12.6 Å². The number of esters is 1. The maximum atomic E-state index is 13.6. The SMILES string of the molecule is Cc1ccc(C(=O)Oc2cccc(C3C4=C(O)c5ccccc5C4=[NH+]c4c3c(=O)n(C)c(O)[n+]4C)c2)cc1. The smallest absolute Gasteiger partial charge is 0.462 e. The second-order valence-corrected chi connectivity index (χ2v) is 9.55. The van der Waals surface area contributed by atoms with Crippen LogP contribution in [-0.4, -0.2) is 26.5 Å². The molecule has 1 aliphatic carbocycles. The van der Waals surface area contributed by atoms with E-state index in [9.17, 15) is 19.8 Å². The number of carbonyl (C=O) groups excluding carboxylic acids is 1. The summed E-state index contributed by atoms with van der Waals surface area (Å²) in [6.07, 6.45) is 0. The summed E-state index contributed by atoms with van der Waals surface area (Å²) < 4.78 is 8.36. The van der Waals surface area contributed by atoms with Gasteiger partial charge in [-0.25, -0.2) is 9.36 Å². The van der Waals surface area contributed by atoms with Gasteiger partial charge >= 0.3 is 17.8 Å². The van der Waals surface area contributed by atoms with Crippen molar-refractivity contribution in [2.75, 3.05) is 0 Å². The third-order valence-corrected chi connectivity index (χ3v) is 7.21. The molecule has 38 heavy (non-hydrogen) atoms. The molecular weight excluding hydrogens is 482 g/mol. The summed E-state index contributed by atoms with van der Waals surface area (Å²) in [7, 11) is 3.15. The Bertz CT molecular complexity index is 1780. The Hall–Kier alpha value is -4.98. The Kier molecular flexibility index (Phi) is 5.27. The standard InChI is InChI=1S/C30H23N3O5/c1-16-11-13-17(14-12-16)29(36)38-19-8-6-7-18(15-19)22-23-25(20-9-4-5-10-21(20)26(23)34)31-27-24(22)28(35)33(3)30(37)32(27)2/h4-15,22H,1-3H3,(H,31,34,35)/p+2. The van der Waals surface area contributed by atoms with E-state index in [2.05, 4.69) is 4.99 Å². The van der Waals surface area contributed by atoms with Gasteiger partial charge in [0.25, 0.3) is 5.56 Å². The Morgan fingerprint density at radius 1 is 1.00 bits per heavy atom. The predicted molar refractivity (Wildman–Crippen MR) is 140 cm³/mol. The van der Waals surface area contributed by atoms with Crippen molar-refractivity contribution < 1.29 is 29.3 Å². The molecule has 0 spiro atoms. The lowest BCUT2D eigenvalue weighted by atomic mass is 9.81. The second kappa shape index (κ2) is 8.55. The van der Waals surface area contributed by atoms with Gasteiger partial charge in [-0.3, -0.25) is 4.79 Å². The number of hydrogen-bond donors (Lipinski definition) is 3. The molecule has 0 saturated heterocycles. The molecule has 1 aliphatic heterocycles. The highest BCUT2D eigenvalue weighted by Gasteiger charge is 2.49. The summed E-state index contributed by atoms with van der Waals surface area (Å²) in [4.78, 5) is 29.7. The van der Waals surface area contributed by atoms with E-state index in [0.717, 1.165) is 11.1 Å². The van der Waals surface area contributed by atoms with Crippen molar-refractivity contribution in [3.8, 4) is 11.8 Å². The highest BCUT2D eigenvalue weighted by atomic mass is 16.5. The van der Waals surface area contributed by atoms with Crippen molar-refractivity contribution in [2.24, 2.45) is 14.1 Å². The number of aromatic hydroxyl groups is 1. The van der Waals surface area contributed by atoms with Crippen LogP contribution in [0.2, 0.25) is 0 Å². The summed E-state index contributed by atoms with van der Waals surface area (Å²) in [5, 5.41) is 22.0. The molecule has 0 fully saturated rings. The molecule has 1 atom stereocenters. The number of hydrogen-bond acceptors (Lipinski definition) is 5. The van der Waals surface area contributed by atoms with Crippen molar-refractivity contribution in [1.29, 1.82) is 0 Å². The number of nitrogens with zero attached hydrogens (tertiary/aromatic N) is 2. The molecule has 0 bridgehead atoms. The first-order chi connectivity index (χ1) is 18.3. The van der Waals surface area contributed by atoms with Gasteiger partial charge < -0.3 is 14.9 Å². The molecule has 1 aromatic heterocycles. The minimum atomic E-state index is -0.697. The number of aromatic nitrogens is 2. The van der Waals surface area contributed by atoms with Gasteiger partial charge in [-0.1, -0.05) is 52.6 Å². The zero-order valence-electron chi connectivity index (χ0n) is 21.0. The van der Waals surface area contributed by atoms with E-state index in [4.69, 9.17) is 4.74 Å². The summed E-state index contributed by atoms with van der Waals surface area (Å²) in [6.45, 7) is 1.94. The number of aliphatic hydroxyl groups excluding tert-OH is 1. The third-order valence-electron chi connectivity index (χ3n) is 7.21. The summed E-state index contributed by atoms with van der Waals surface area (Å²) >= 11 is 0. The zero-order valence-corrected chi connectivity index (χ0v) is 21.0. The molecule has 6 rings (SSSR count). The molecule has 188 valence electrons. The van der Waals surface area contributed by atoms with Gasteiger partial charge in [0.1, 0.15) is 11.5 Å². The van der Waals surface area contributed by atoms with Gasteiger partial charge in [-0.05, 0) is 42.8 Å². The number of allylic oxidation sites excluding steroid dienone is 1. The van der Waals surface area contributed by atoms with Crippen LogP contribution in [0.15, 0.2) is 83.2 Å². The maximum absolute atomic E-state index is 13.6. The number of aliphatic hydroxyl groups is 1. The number of aryl methyl sites for hydroxylation is 1. The van der Waals surface area contributed by atoms with E-state index in [1.807, 2.05) is 49.4 Å². The zero-order chi connectivity index (χ0) is 26.7. The van der Waals surface area contributed by atoms with Crippen LogP contribution in [-0.2, 0) is 14.1 Å². The first kappa shape index (κ1) is 23.4. The molecule has 2 heterocycles. The van der Waals surface area contributed by atoms with Gasteiger partial charge in [0.05, 0.1) is 22.6 Å². The maximum Gasteiger partial charge on any atom is 0.462 e. The number of rotatable bonds is 3. The lowest BCUT2D eigenvalue weighted by Crippen LogP contribution is -2.75. The monoisotopic (exact) mass is 507 g/mol. The molecule has 1 unspecified atom stereocenters. The highest BCUT2D eigenvalue weighted by molar-refractivity contribution is 6.21. The van der Waals surface area contributed by atoms with Gasteiger partial charge in [0, 0.05) is 12.6 Å². The van der Waals surface area contributed by atoms with Gasteiger partial charge in [-0.15, -0.1) is 4.99 Å². The fourth-order valence-electron chi connectivity index (χ4n) is 5.23. The lowest BCUT2D eigenvalue weighted by molar-refractivity contribution is -0.723. The van der Waals surface area contributed by atoms with Crippen LogP contribution in [0.1, 0.15) is 44.1 Å². The summed E-state index contributed by atoms with van der Waals surface area (Å²) in [5.41, 5.74) is 4.68. The number of benzene rings is 3. The van der Waals surface area contributed by atoms with E-state index < -0.39 is 17.4 Å². The minimum absolute atomic E-state index is 0.0681. The van der Waals surface area contributed by atoms with Crippen molar-refractivity contribution in [3.05, 3.63) is 122 Å². The molecular formula is C30H25N3O5+2. The van der Waals surface area contributed by atoms with Crippen LogP contribution in [0.3, 0.4) is 0 Å². The van der Waals surface area contributed by atoms with E-state index in [1.165, 1.54) is 16.2 Å². The molecule has 8 nitrogen and oxygen atoms in total. The molecule has 8 heteroatoms. The van der Waals surface area contributed by atoms with Crippen molar-refractivity contribution in [3.63, 3.8) is 0 Å². The summed E-state index contributed by atoms with van der Waals surface area (Å²) in [6, 6.07) is 21.3. The summed E-state index contributed by atoms with van der Waals surface area (Å²) in [5.74, 6) is -0.398. The van der Waals surface area contributed by atoms with Gasteiger partial charge in [0.2, 0.25) is 5.71 Å². The molecule has 3 aromatic carbocycles. The van der Waals surface area contributed by atoms with E-state index in [1.54, 1.807) is 37.4 Å². The normalized spacial score (nSPS) is 15.4. The molecule has 3 N–H and O–H groups in total. The first-order valence-electron chi connectivity index (χ1n) is 12.1. The predicted octanol–water partition coefficient (Wildman–Crippen LogP) is 2.07. The fourth-order valence-corrected chi connectivity index (χ4v) is 5.23. The number of nitrogens with one attached hydrogen (secondary N) is 1. The average molecular weight is 508 g/mol. The molecule has 0 saturated carbocycles. The minimum Gasteiger partial charge on any atom is -0.507 e. The van der Waals surface area contributed by atoms with Crippen LogP contribution in [0.4, 0.5) is 5.82 Å². The topological polar surface area (TPSA) is 107 Å². The third kappa shape index (κ3) is 3.45. The number of carbonyl (C=O) groups is 1. The van der Waals surface area contributed by atoms with E-state index in [-0.39, 0.29) is 11.8 Å². The van der Waals surface area contributed by atoms with E-state index in [0.29, 0.717) is 45.1 Å². The number of ether oxygens (including phenoxy) is 1. The van der Waals surface area contributed by atoms with Gasteiger partial charge in [-0.2, -0.15) is 0 Å². The average Bonchev–Trinajstić information content (AvgIpc) is 3.21. The molecule has 0 radical (unpaired) electrons. The molecule has 0 amide bonds. The van der Waals surface area contributed by atoms with Crippen LogP contribution in [0, 0.1) is 6.92 Å². The van der Waals surface area contributed by atoms with Crippen LogP contribution < -0.4 is 19.9 Å². The highest BCUT2D eigenvalue weighted by Crippen LogP contribution is 2.44. The van der Waals surface area contributed by atoms with Crippen molar-refractivity contribution in [2.45, 2.75) is 12.8 Å². The first-order valence-corrected chi connectivity index (χ1v) is 12.1. The second-order valence-electron chi connectivity index (χ2n) is 9.55. The molecule has 4 aromatic rings. The molecule has 2 aliphatic rings. The van der Waals surface area contributed by atoms with Crippen molar-refractivity contribution >= 4 is 23.3 Å². The Balaban J connectivity index is 1.53. The Labute approximate surface area is 218 Å². The Morgan fingerprint density at radius 2 is 1.71 bits per heavy atom. The quantitative estimate of drug-likeness (QED) is 0.224. The van der Waals surface area contributed by atoms with Crippen LogP contribution in [0.25, 0.3) is 5.76 Å². The largest absolute Gasteiger partial charge is 0.507 e.